The van der Waals surface area contributed by atoms with Crippen molar-refractivity contribution in [2.75, 3.05) is 47.5 Å². The van der Waals surface area contributed by atoms with E-state index in [4.69, 9.17) is 14.2 Å². The van der Waals surface area contributed by atoms with Gasteiger partial charge in [-0.1, -0.05) is 29.3 Å². The van der Waals surface area contributed by atoms with Crippen molar-refractivity contribution in [3.05, 3.63) is 52.6 Å². The van der Waals surface area contributed by atoms with Crippen LogP contribution in [0.3, 0.4) is 0 Å². The normalized spacial score (nSPS) is 16.0. The van der Waals surface area contributed by atoms with Crippen LogP contribution in [0.2, 0.25) is 0 Å². The number of nitrogens with one attached hydrogen (secondary N) is 1. The molecule has 1 aliphatic heterocycles. The number of aryl methyl sites for hydroxylation is 2. The molecule has 3 rings (SSSR count). The fraction of sp³-hybridized carbons (Fsp3) is 0.455. The topological polar surface area (TPSA) is 43.0 Å². The molecule has 0 aliphatic carbocycles. The second-order valence-electron chi connectivity index (χ2n) is 7.03. The van der Waals surface area contributed by atoms with Crippen LogP contribution in [0, 0.1) is 13.8 Å². The summed E-state index contributed by atoms with van der Waals surface area (Å²) in [6.45, 7) is 8.23. The van der Waals surface area contributed by atoms with E-state index in [0.717, 1.165) is 37.5 Å². The molecule has 0 amide bonds. The van der Waals surface area contributed by atoms with Crippen molar-refractivity contribution < 1.29 is 14.2 Å². The molecule has 0 bridgehead atoms. The van der Waals surface area contributed by atoms with E-state index in [-0.39, 0.29) is 6.04 Å². The molecule has 1 aliphatic rings. The summed E-state index contributed by atoms with van der Waals surface area (Å²) in [5.74, 6) is 2.05. The lowest BCUT2D eigenvalue weighted by molar-refractivity contribution is 0.194. The van der Waals surface area contributed by atoms with Crippen molar-refractivity contribution in [1.29, 1.82) is 0 Å². The number of methoxy groups -OCH3 is 3. The van der Waals surface area contributed by atoms with Gasteiger partial charge in [-0.2, -0.15) is 0 Å². The Morgan fingerprint density at radius 1 is 0.852 bits per heavy atom. The van der Waals surface area contributed by atoms with E-state index >= 15 is 0 Å². The Kier molecular flexibility index (Phi) is 6.24. The average Bonchev–Trinajstić information content (AvgIpc) is 2.67. The largest absolute Gasteiger partial charge is 0.493 e. The molecule has 2 aromatic carbocycles. The van der Waals surface area contributed by atoms with Crippen molar-refractivity contribution in [2.45, 2.75) is 19.9 Å². The predicted molar refractivity (Wildman–Crippen MR) is 108 cm³/mol. The maximum absolute atomic E-state index is 5.82. The Bertz CT molecular complexity index is 765. The molecule has 1 N–H and O–H groups in total. The van der Waals surface area contributed by atoms with Gasteiger partial charge in [0, 0.05) is 31.7 Å². The van der Waals surface area contributed by atoms with Gasteiger partial charge in [-0.3, -0.25) is 4.90 Å². The lowest BCUT2D eigenvalue weighted by Gasteiger charge is -2.36. The van der Waals surface area contributed by atoms with Crippen LogP contribution < -0.4 is 19.5 Å². The van der Waals surface area contributed by atoms with Crippen LogP contribution in [0.5, 0.6) is 17.2 Å². The second kappa shape index (κ2) is 8.63. The number of ether oxygens (including phenoxy) is 3. The highest BCUT2D eigenvalue weighted by Crippen LogP contribution is 2.45. The summed E-state index contributed by atoms with van der Waals surface area (Å²) < 4.78 is 16.9. The van der Waals surface area contributed by atoms with E-state index in [9.17, 15) is 0 Å². The highest BCUT2D eigenvalue weighted by molar-refractivity contribution is 5.58. The van der Waals surface area contributed by atoms with Gasteiger partial charge in [0.1, 0.15) is 0 Å². The molecule has 27 heavy (non-hydrogen) atoms. The number of benzene rings is 2. The molecule has 0 saturated carbocycles. The molecule has 0 radical (unpaired) electrons. The fourth-order valence-electron chi connectivity index (χ4n) is 4.03. The number of hydrogen-bond acceptors (Lipinski definition) is 5. The van der Waals surface area contributed by atoms with Crippen molar-refractivity contribution in [3.8, 4) is 17.2 Å². The molecule has 1 heterocycles. The standard InChI is InChI=1S/C22H30N2O3/c1-15-12-16(2)14-17(13-15)20(24-10-8-23-9-11-24)18-6-7-19(25-3)22(27-5)21(18)26-4/h6-7,12-14,20,23H,8-11H2,1-5H3. The Balaban J connectivity index is 2.18. The first-order valence-electron chi connectivity index (χ1n) is 9.40. The quantitative estimate of drug-likeness (QED) is 0.845. The van der Waals surface area contributed by atoms with Gasteiger partial charge in [0.2, 0.25) is 5.75 Å². The zero-order valence-corrected chi connectivity index (χ0v) is 17.0. The summed E-state index contributed by atoms with van der Waals surface area (Å²) in [7, 11) is 4.99. The predicted octanol–water partition coefficient (Wildman–Crippen LogP) is 3.32. The monoisotopic (exact) mass is 370 g/mol. The molecule has 146 valence electrons. The Morgan fingerprint density at radius 2 is 1.48 bits per heavy atom. The second-order valence-corrected chi connectivity index (χ2v) is 7.03. The van der Waals surface area contributed by atoms with Crippen LogP contribution in [0.4, 0.5) is 0 Å². The van der Waals surface area contributed by atoms with Crippen LogP contribution in [0.1, 0.15) is 28.3 Å². The lowest BCUT2D eigenvalue weighted by Crippen LogP contribution is -2.45. The SMILES string of the molecule is COc1ccc(C(c2cc(C)cc(C)c2)N2CCNCC2)c(OC)c1OC. The van der Waals surface area contributed by atoms with E-state index in [1.54, 1.807) is 21.3 Å². The van der Waals surface area contributed by atoms with Crippen LogP contribution >= 0.6 is 0 Å². The highest BCUT2D eigenvalue weighted by atomic mass is 16.5. The highest BCUT2D eigenvalue weighted by Gasteiger charge is 2.29. The summed E-state index contributed by atoms with van der Waals surface area (Å²) in [5.41, 5.74) is 4.91. The smallest absolute Gasteiger partial charge is 0.203 e. The van der Waals surface area contributed by atoms with Crippen molar-refractivity contribution in [1.82, 2.24) is 10.2 Å². The maximum Gasteiger partial charge on any atom is 0.203 e. The van der Waals surface area contributed by atoms with Crippen molar-refractivity contribution >= 4 is 0 Å². The molecule has 1 atom stereocenters. The third-order valence-corrected chi connectivity index (χ3v) is 5.11. The average molecular weight is 370 g/mol. The summed E-state index contributed by atoms with van der Waals surface area (Å²) in [5, 5.41) is 3.45. The molecular weight excluding hydrogens is 340 g/mol. The number of rotatable bonds is 6. The molecule has 5 heteroatoms. The van der Waals surface area contributed by atoms with Gasteiger partial charge in [-0.15, -0.1) is 0 Å². The third-order valence-electron chi connectivity index (χ3n) is 5.11. The van der Waals surface area contributed by atoms with Gasteiger partial charge < -0.3 is 19.5 Å². The molecule has 5 nitrogen and oxygen atoms in total. The van der Waals surface area contributed by atoms with Gasteiger partial charge in [-0.05, 0) is 31.5 Å². The van der Waals surface area contributed by atoms with E-state index in [0.29, 0.717) is 11.5 Å². The van der Waals surface area contributed by atoms with Crippen LogP contribution in [0.25, 0.3) is 0 Å². The minimum atomic E-state index is 0.0976. The van der Waals surface area contributed by atoms with E-state index in [1.807, 2.05) is 6.07 Å². The zero-order chi connectivity index (χ0) is 19.4. The van der Waals surface area contributed by atoms with Crippen LogP contribution in [-0.2, 0) is 0 Å². The summed E-state index contributed by atoms with van der Waals surface area (Å²) in [4.78, 5) is 2.51. The minimum Gasteiger partial charge on any atom is -0.493 e. The molecule has 0 spiro atoms. The van der Waals surface area contributed by atoms with Crippen LogP contribution in [-0.4, -0.2) is 52.4 Å². The van der Waals surface area contributed by atoms with E-state index in [1.165, 1.54) is 16.7 Å². The lowest BCUT2D eigenvalue weighted by atomic mass is 9.92. The van der Waals surface area contributed by atoms with Gasteiger partial charge in [0.25, 0.3) is 0 Å². The van der Waals surface area contributed by atoms with Crippen molar-refractivity contribution in [2.24, 2.45) is 0 Å². The number of piperazine rings is 1. The zero-order valence-electron chi connectivity index (χ0n) is 17.0. The van der Waals surface area contributed by atoms with Crippen LogP contribution in [0.15, 0.2) is 30.3 Å². The summed E-state index contributed by atoms with van der Waals surface area (Å²) in [6, 6.07) is 10.9. The molecule has 1 fully saturated rings. The summed E-state index contributed by atoms with van der Waals surface area (Å²) >= 11 is 0. The fourth-order valence-corrected chi connectivity index (χ4v) is 4.03. The van der Waals surface area contributed by atoms with E-state index < -0.39 is 0 Å². The first-order valence-corrected chi connectivity index (χ1v) is 9.40. The molecule has 1 unspecified atom stereocenters. The van der Waals surface area contributed by atoms with Gasteiger partial charge in [0.05, 0.1) is 27.4 Å². The molecule has 2 aromatic rings. The number of nitrogens with zero attached hydrogens (tertiary/aromatic N) is 1. The third kappa shape index (κ3) is 4.04. The Labute approximate surface area is 162 Å². The molecule has 0 aromatic heterocycles. The van der Waals surface area contributed by atoms with Gasteiger partial charge >= 0.3 is 0 Å². The Morgan fingerprint density at radius 3 is 2.04 bits per heavy atom. The molecule has 1 saturated heterocycles. The minimum absolute atomic E-state index is 0.0976. The first-order chi connectivity index (χ1) is 13.1. The number of hydrogen-bond donors (Lipinski definition) is 1. The van der Waals surface area contributed by atoms with E-state index in [2.05, 4.69) is 48.3 Å². The maximum atomic E-state index is 5.82. The van der Waals surface area contributed by atoms with Gasteiger partial charge in [-0.25, -0.2) is 0 Å². The van der Waals surface area contributed by atoms with Crippen molar-refractivity contribution in [3.63, 3.8) is 0 Å². The summed E-state index contributed by atoms with van der Waals surface area (Å²) in [6.07, 6.45) is 0. The Hall–Kier alpha value is -2.24. The molecular formula is C22H30N2O3. The first kappa shape index (κ1) is 19.5. The van der Waals surface area contributed by atoms with Gasteiger partial charge in [0.15, 0.2) is 11.5 Å².